The Kier molecular flexibility index (Phi) is 5.42. The van der Waals surface area contributed by atoms with Crippen LogP contribution in [-0.2, 0) is 0 Å². The molecule has 0 saturated heterocycles. The summed E-state index contributed by atoms with van der Waals surface area (Å²) in [6.45, 7) is 1.72. The van der Waals surface area contributed by atoms with Gasteiger partial charge < -0.3 is 19.9 Å². The van der Waals surface area contributed by atoms with Gasteiger partial charge in [-0.3, -0.25) is 9.59 Å². The van der Waals surface area contributed by atoms with E-state index in [0.717, 1.165) is 0 Å². The number of carbonyl (C=O) groups excluding carboxylic acids is 2. The predicted molar refractivity (Wildman–Crippen MR) is 102 cm³/mol. The molecule has 0 aliphatic carbocycles. The van der Waals surface area contributed by atoms with Gasteiger partial charge in [-0.1, -0.05) is 22.8 Å². The van der Waals surface area contributed by atoms with Crippen molar-refractivity contribution in [1.29, 1.82) is 0 Å². The fourth-order valence-corrected chi connectivity index (χ4v) is 2.56. The van der Waals surface area contributed by atoms with Crippen LogP contribution in [0.1, 0.15) is 26.5 Å². The first-order valence-corrected chi connectivity index (χ1v) is 8.33. The maximum absolute atomic E-state index is 12.6. The minimum Gasteiger partial charge on any atom is -0.495 e. The van der Waals surface area contributed by atoms with Crippen LogP contribution in [0, 0.1) is 6.92 Å². The molecule has 0 aliphatic rings. The van der Waals surface area contributed by atoms with Gasteiger partial charge in [-0.05, 0) is 43.3 Å². The van der Waals surface area contributed by atoms with Crippen molar-refractivity contribution in [3.05, 3.63) is 70.4 Å². The Hall–Kier alpha value is -3.32. The Morgan fingerprint density at radius 1 is 1.04 bits per heavy atom. The SMILES string of the molecule is COc1ccc(Cl)cc1NC(=O)c1cccc(C(=O)Nc2cc(C)on2)c1. The molecular weight excluding hydrogens is 370 g/mol. The van der Waals surface area contributed by atoms with Crippen LogP contribution >= 0.6 is 11.6 Å². The summed E-state index contributed by atoms with van der Waals surface area (Å²) in [5, 5.41) is 9.51. The Balaban J connectivity index is 1.77. The minimum absolute atomic E-state index is 0.302. The van der Waals surface area contributed by atoms with Gasteiger partial charge in [0.2, 0.25) is 0 Å². The van der Waals surface area contributed by atoms with Crippen LogP contribution in [0.4, 0.5) is 11.5 Å². The summed E-state index contributed by atoms with van der Waals surface area (Å²) in [4.78, 5) is 24.9. The molecule has 27 heavy (non-hydrogen) atoms. The fraction of sp³-hybridized carbons (Fsp3) is 0.105. The van der Waals surface area contributed by atoms with E-state index in [1.54, 1.807) is 49.4 Å². The van der Waals surface area contributed by atoms with Crippen LogP contribution in [0.3, 0.4) is 0 Å². The number of nitrogens with one attached hydrogen (secondary N) is 2. The highest BCUT2D eigenvalue weighted by Gasteiger charge is 2.14. The number of halogens is 1. The van der Waals surface area contributed by atoms with Gasteiger partial charge in [0, 0.05) is 22.2 Å². The summed E-state index contributed by atoms with van der Waals surface area (Å²) in [6.07, 6.45) is 0. The smallest absolute Gasteiger partial charge is 0.256 e. The molecule has 0 atom stereocenters. The molecule has 8 heteroatoms. The number of nitrogens with zero attached hydrogens (tertiary/aromatic N) is 1. The van der Waals surface area contributed by atoms with E-state index in [9.17, 15) is 9.59 Å². The zero-order valence-electron chi connectivity index (χ0n) is 14.6. The van der Waals surface area contributed by atoms with Crippen molar-refractivity contribution in [3.63, 3.8) is 0 Å². The van der Waals surface area contributed by atoms with E-state index in [-0.39, 0.29) is 0 Å². The third-order valence-electron chi connectivity index (χ3n) is 3.67. The Morgan fingerprint density at radius 3 is 2.37 bits per heavy atom. The standard InChI is InChI=1S/C19H16ClN3O4/c1-11-8-17(23-27-11)22-19(25)13-5-3-4-12(9-13)18(24)21-15-10-14(20)6-7-16(15)26-2/h3-10H,1-2H3,(H,21,24)(H,22,23,25). The number of benzene rings is 2. The first kappa shape index (κ1) is 18.5. The van der Waals surface area contributed by atoms with E-state index >= 15 is 0 Å². The second-order valence-corrected chi connectivity index (χ2v) is 6.09. The molecule has 0 saturated carbocycles. The van der Waals surface area contributed by atoms with E-state index < -0.39 is 11.8 Å². The van der Waals surface area contributed by atoms with Gasteiger partial charge in [0.25, 0.3) is 11.8 Å². The molecule has 138 valence electrons. The lowest BCUT2D eigenvalue weighted by Crippen LogP contribution is -2.16. The number of hydrogen-bond acceptors (Lipinski definition) is 5. The lowest BCUT2D eigenvalue weighted by Gasteiger charge is -2.11. The second-order valence-electron chi connectivity index (χ2n) is 5.66. The molecule has 1 aromatic heterocycles. The van der Waals surface area contributed by atoms with Crippen LogP contribution in [0.2, 0.25) is 5.02 Å². The van der Waals surface area contributed by atoms with Crippen molar-refractivity contribution in [2.45, 2.75) is 6.92 Å². The third kappa shape index (κ3) is 4.45. The molecule has 1 heterocycles. The van der Waals surface area contributed by atoms with E-state index in [2.05, 4.69) is 15.8 Å². The maximum Gasteiger partial charge on any atom is 0.256 e. The number of hydrogen-bond donors (Lipinski definition) is 2. The molecule has 0 unspecified atom stereocenters. The number of aromatic nitrogens is 1. The minimum atomic E-state index is -0.404. The monoisotopic (exact) mass is 385 g/mol. The molecule has 0 aliphatic heterocycles. The largest absolute Gasteiger partial charge is 0.495 e. The van der Waals surface area contributed by atoms with Crippen LogP contribution < -0.4 is 15.4 Å². The molecule has 0 bridgehead atoms. The van der Waals surface area contributed by atoms with Crippen molar-refractivity contribution in [2.24, 2.45) is 0 Å². The maximum atomic E-state index is 12.6. The lowest BCUT2D eigenvalue weighted by atomic mass is 10.1. The number of anilines is 2. The number of methoxy groups -OCH3 is 1. The summed E-state index contributed by atoms with van der Waals surface area (Å²) >= 11 is 5.98. The quantitative estimate of drug-likeness (QED) is 0.688. The summed E-state index contributed by atoms with van der Waals surface area (Å²) in [7, 11) is 1.50. The molecule has 2 amide bonds. The number of aryl methyl sites for hydroxylation is 1. The summed E-state index contributed by atoms with van der Waals surface area (Å²) < 4.78 is 10.1. The van der Waals surface area contributed by atoms with Gasteiger partial charge in [0.1, 0.15) is 11.5 Å². The number of ether oxygens (including phenoxy) is 1. The number of rotatable bonds is 5. The van der Waals surface area contributed by atoms with E-state index in [0.29, 0.717) is 39.2 Å². The van der Waals surface area contributed by atoms with E-state index in [1.165, 1.54) is 13.2 Å². The molecule has 0 radical (unpaired) electrons. The van der Waals surface area contributed by atoms with Crippen molar-refractivity contribution >= 4 is 34.9 Å². The Labute approximate surface area is 160 Å². The normalized spacial score (nSPS) is 10.3. The van der Waals surface area contributed by atoms with Gasteiger partial charge >= 0.3 is 0 Å². The van der Waals surface area contributed by atoms with Crippen LogP contribution in [0.15, 0.2) is 53.1 Å². The average molecular weight is 386 g/mol. The summed E-state index contributed by atoms with van der Waals surface area (Å²) in [5.74, 6) is 0.550. The fourth-order valence-electron chi connectivity index (χ4n) is 2.39. The van der Waals surface area contributed by atoms with Crippen LogP contribution in [-0.4, -0.2) is 24.1 Å². The zero-order valence-corrected chi connectivity index (χ0v) is 15.3. The molecular formula is C19H16ClN3O4. The number of carbonyl (C=O) groups is 2. The van der Waals surface area contributed by atoms with Crippen molar-refractivity contribution in [1.82, 2.24) is 5.16 Å². The first-order valence-electron chi connectivity index (χ1n) is 7.96. The Bertz CT molecular complexity index is 1000. The molecule has 2 aromatic carbocycles. The van der Waals surface area contributed by atoms with Gasteiger partial charge in [-0.15, -0.1) is 0 Å². The van der Waals surface area contributed by atoms with Gasteiger partial charge in [-0.25, -0.2) is 0 Å². The molecule has 7 nitrogen and oxygen atoms in total. The molecule has 0 fully saturated rings. The third-order valence-corrected chi connectivity index (χ3v) is 3.90. The van der Waals surface area contributed by atoms with Crippen molar-refractivity contribution < 1.29 is 18.8 Å². The molecule has 3 rings (SSSR count). The number of amides is 2. The topological polar surface area (TPSA) is 93.5 Å². The van der Waals surface area contributed by atoms with Crippen molar-refractivity contribution in [3.8, 4) is 5.75 Å². The van der Waals surface area contributed by atoms with Gasteiger partial charge in [-0.2, -0.15) is 0 Å². The second kappa shape index (κ2) is 7.92. The highest BCUT2D eigenvalue weighted by atomic mass is 35.5. The van der Waals surface area contributed by atoms with E-state index in [1.807, 2.05) is 0 Å². The molecule has 3 aromatic rings. The summed E-state index contributed by atoms with van der Waals surface area (Å²) in [6, 6.07) is 12.8. The van der Waals surface area contributed by atoms with Gasteiger partial charge in [0.05, 0.1) is 12.8 Å². The average Bonchev–Trinajstić information content (AvgIpc) is 3.06. The highest BCUT2D eigenvalue weighted by molar-refractivity contribution is 6.31. The van der Waals surface area contributed by atoms with Crippen LogP contribution in [0.25, 0.3) is 0 Å². The zero-order chi connectivity index (χ0) is 19.4. The van der Waals surface area contributed by atoms with E-state index in [4.69, 9.17) is 20.9 Å². The van der Waals surface area contributed by atoms with Crippen molar-refractivity contribution in [2.75, 3.05) is 17.7 Å². The Morgan fingerprint density at radius 2 is 1.74 bits per heavy atom. The summed E-state index contributed by atoms with van der Waals surface area (Å²) in [5.41, 5.74) is 1.05. The van der Waals surface area contributed by atoms with Gasteiger partial charge in [0.15, 0.2) is 5.82 Å². The lowest BCUT2D eigenvalue weighted by molar-refractivity contribution is 0.102. The highest BCUT2D eigenvalue weighted by Crippen LogP contribution is 2.28. The molecule has 2 N–H and O–H groups in total. The van der Waals surface area contributed by atoms with Crippen LogP contribution in [0.5, 0.6) is 5.75 Å². The predicted octanol–water partition coefficient (Wildman–Crippen LogP) is 4.15. The molecule has 0 spiro atoms. The first-order chi connectivity index (χ1) is 13.0.